The number of hydrogen-bond acceptors (Lipinski definition) is 7. The van der Waals surface area contributed by atoms with Crippen LogP contribution < -0.4 is 11.2 Å². The Labute approximate surface area is 212 Å². The van der Waals surface area contributed by atoms with E-state index in [0.29, 0.717) is 30.1 Å². The average Bonchev–Trinajstić information content (AvgIpc) is 2.89. The summed E-state index contributed by atoms with van der Waals surface area (Å²) in [5, 5.41) is 10.7. The van der Waals surface area contributed by atoms with E-state index in [1.54, 1.807) is 12.3 Å². The molecule has 190 valence electrons. The molecule has 0 radical (unpaired) electrons. The first-order valence-corrected chi connectivity index (χ1v) is 12.9. The molecule has 1 aromatic heterocycles. The van der Waals surface area contributed by atoms with Crippen molar-refractivity contribution in [1.29, 1.82) is 5.41 Å². The molecule has 3 aliphatic rings. The highest BCUT2D eigenvalue weighted by Crippen LogP contribution is 2.33. The molecule has 0 unspecified atom stereocenters. The lowest BCUT2D eigenvalue weighted by molar-refractivity contribution is -0.186. The molecule has 7 nitrogen and oxygen atoms in total. The summed E-state index contributed by atoms with van der Waals surface area (Å²) < 4.78 is 14.6. The standard InChI is InChI=1S/C28H35FN6O/c1-3-19-6-4-8-25(29)24(19)17-34-11-5-7-22(16-34)35-15-21-13-23(26(30)14-27(21)33-36-35)28(31)20-9-10-32-18(2)12-20/h8-10,12-14,22,31,33H,3-7,11,15-17,30H2,1-2H3/t22-/m1/s1. The fraction of sp³-hybridized carbons (Fsp3) is 0.429. The summed E-state index contributed by atoms with van der Waals surface area (Å²) in [5.41, 5.74) is 16.6. The summed E-state index contributed by atoms with van der Waals surface area (Å²) in [5.74, 6) is -0.0398. The maximum Gasteiger partial charge on any atom is 0.123 e. The molecule has 4 N–H and O–H groups in total. The highest BCUT2D eigenvalue weighted by atomic mass is 19.1. The van der Waals surface area contributed by atoms with Crippen LogP contribution in [-0.2, 0) is 11.5 Å². The maximum absolute atomic E-state index is 14.6. The number of likely N-dealkylation sites (tertiary alicyclic amines) is 1. The second-order valence-corrected chi connectivity index (χ2v) is 9.98. The third kappa shape index (κ3) is 5.07. The number of nitrogens with two attached hydrogens (primary N) is 1. The maximum atomic E-state index is 14.6. The smallest absolute Gasteiger partial charge is 0.123 e. The van der Waals surface area contributed by atoms with Crippen molar-refractivity contribution in [2.24, 2.45) is 0 Å². The number of aromatic nitrogens is 1. The first-order valence-electron chi connectivity index (χ1n) is 12.9. The van der Waals surface area contributed by atoms with Crippen molar-refractivity contribution < 1.29 is 9.33 Å². The van der Waals surface area contributed by atoms with Crippen molar-refractivity contribution in [2.75, 3.05) is 30.8 Å². The Hall–Kier alpha value is -3.07. The van der Waals surface area contributed by atoms with Crippen LogP contribution in [0.4, 0.5) is 15.8 Å². The number of piperidine rings is 1. The quantitative estimate of drug-likeness (QED) is 0.377. The molecule has 0 bridgehead atoms. The Morgan fingerprint density at radius 2 is 2.19 bits per heavy atom. The van der Waals surface area contributed by atoms with E-state index >= 15 is 0 Å². The summed E-state index contributed by atoms with van der Waals surface area (Å²) >= 11 is 0. The van der Waals surface area contributed by atoms with Crippen LogP contribution in [0.2, 0.25) is 0 Å². The number of benzene rings is 1. The number of hydroxylamine groups is 2. The van der Waals surface area contributed by atoms with E-state index in [0.717, 1.165) is 73.3 Å². The van der Waals surface area contributed by atoms with Crippen molar-refractivity contribution in [3.8, 4) is 0 Å². The molecule has 2 aliphatic heterocycles. The van der Waals surface area contributed by atoms with Crippen molar-refractivity contribution in [1.82, 2.24) is 14.9 Å². The van der Waals surface area contributed by atoms with Gasteiger partial charge in [-0.05, 0) is 81.5 Å². The molecule has 1 aliphatic carbocycles. The lowest BCUT2D eigenvalue weighted by Crippen LogP contribution is -2.49. The van der Waals surface area contributed by atoms with Gasteiger partial charge in [-0.1, -0.05) is 12.5 Å². The summed E-state index contributed by atoms with van der Waals surface area (Å²) in [6, 6.07) is 7.75. The van der Waals surface area contributed by atoms with Crippen LogP contribution in [0, 0.1) is 12.3 Å². The van der Waals surface area contributed by atoms with Crippen molar-refractivity contribution in [3.05, 3.63) is 75.9 Å². The zero-order chi connectivity index (χ0) is 25.2. The molecule has 36 heavy (non-hydrogen) atoms. The number of allylic oxidation sites excluding steroid dienone is 2. The Bertz CT molecular complexity index is 1220. The molecule has 1 fully saturated rings. The van der Waals surface area contributed by atoms with Gasteiger partial charge in [0.15, 0.2) is 0 Å². The van der Waals surface area contributed by atoms with Gasteiger partial charge in [-0.2, -0.15) is 10.0 Å². The number of aryl methyl sites for hydroxylation is 1. The number of halogens is 1. The molecule has 0 saturated carbocycles. The molecule has 5 rings (SSSR count). The van der Waals surface area contributed by atoms with E-state index in [1.165, 1.54) is 5.57 Å². The van der Waals surface area contributed by atoms with E-state index in [9.17, 15) is 4.39 Å². The molecule has 1 saturated heterocycles. The first-order chi connectivity index (χ1) is 17.4. The van der Waals surface area contributed by atoms with Gasteiger partial charge in [-0.25, -0.2) is 9.87 Å². The normalized spacial score (nSPS) is 21.1. The average molecular weight is 491 g/mol. The second kappa shape index (κ2) is 10.5. The van der Waals surface area contributed by atoms with Gasteiger partial charge in [0.05, 0.1) is 24.0 Å². The van der Waals surface area contributed by atoms with Crippen LogP contribution in [0.25, 0.3) is 0 Å². The van der Waals surface area contributed by atoms with Crippen LogP contribution in [0.5, 0.6) is 0 Å². The number of pyridine rings is 1. The Morgan fingerprint density at radius 3 is 3.00 bits per heavy atom. The fourth-order valence-electron chi connectivity index (χ4n) is 5.50. The van der Waals surface area contributed by atoms with Gasteiger partial charge in [-0.15, -0.1) is 0 Å². The number of nitrogens with one attached hydrogen (secondary N) is 2. The second-order valence-electron chi connectivity index (χ2n) is 9.98. The SMILES string of the molecule is CCC1=C(CN2CCC[C@@H](N3Cc4cc(C(=N)c5ccnc(C)c5)c(N)cc4NO3)C2)C(F)=CCC1. The highest BCUT2D eigenvalue weighted by Gasteiger charge is 2.31. The van der Waals surface area contributed by atoms with Crippen LogP contribution in [0.15, 0.2) is 53.5 Å². The zero-order valence-corrected chi connectivity index (χ0v) is 21.1. The van der Waals surface area contributed by atoms with Crippen LogP contribution in [0.3, 0.4) is 0 Å². The summed E-state index contributed by atoms with van der Waals surface area (Å²) in [6.45, 7) is 7.06. The molecule has 8 heteroatoms. The number of hydrogen-bond donors (Lipinski definition) is 3. The lowest BCUT2D eigenvalue weighted by Gasteiger charge is -2.40. The van der Waals surface area contributed by atoms with Gasteiger partial charge in [-0.3, -0.25) is 15.3 Å². The molecule has 1 atom stereocenters. The summed E-state index contributed by atoms with van der Waals surface area (Å²) in [6.07, 6.45) is 8.18. The van der Waals surface area contributed by atoms with Crippen molar-refractivity contribution in [3.63, 3.8) is 0 Å². The molecule has 2 aromatic rings. The van der Waals surface area contributed by atoms with Gasteiger partial charge in [0.1, 0.15) is 5.83 Å². The minimum Gasteiger partial charge on any atom is -0.398 e. The third-order valence-corrected chi connectivity index (χ3v) is 7.51. The van der Waals surface area contributed by atoms with Crippen molar-refractivity contribution >= 4 is 17.1 Å². The highest BCUT2D eigenvalue weighted by molar-refractivity contribution is 6.14. The zero-order valence-electron chi connectivity index (χ0n) is 21.1. The predicted octanol–water partition coefficient (Wildman–Crippen LogP) is 5.28. The lowest BCUT2D eigenvalue weighted by atomic mass is 9.93. The van der Waals surface area contributed by atoms with Crippen molar-refractivity contribution in [2.45, 2.75) is 58.5 Å². The van der Waals surface area contributed by atoms with Gasteiger partial charge >= 0.3 is 0 Å². The number of anilines is 2. The van der Waals surface area contributed by atoms with Crippen LogP contribution in [0.1, 0.15) is 61.4 Å². The molecule has 3 heterocycles. The Morgan fingerprint density at radius 1 is 1.33 bits per heavy atom. The largest absolute Gasteiger partial charge is 0.398 e. The minimum absolute atomic E-state index is 0.0398. The van der Waals surface area contributed by atoms with Gasteiger partial charge in [0.2, 0.25) is 0 Å². The van der Waals surface area contributed by atoms with E-state index in [-0.39, 0.29) is 11.9 Å². The van der Waals surface area contributed by atoms with Crippen LogP contribution in [-0.4, -0.2) is 46.3 Å². The fourth-order valence-corrected chi connectivity index (χ4v) is 5.50. The van der Waals surface area contributed by atoms with Gasteiger partial charge < -0.3 is 5.73 Å². The summed E-state index contributed by atoms with van der Waals surface area (Å²) in [4.78, 5) is 12.5. The van der Waals surface area contributed by atoms with Gasteiger partial charge in [0, 0.05) is 47.4 Å². The topological polar surface area (TPSA) is 90.5 Å². The number of rotatable bonds is 6. The number of fused-ring (bicyclic) bond motifs is 1. The van der Waals surface area contributed by atoms with E-state index in [2.05, 4.69) is 22.3 Å². The number of nitrogen functional groups attached to an aromatic ring is 1. The van der Waals surface area contributed by atoms with E-state index in [4.69, 9.17) is 16.1 Å². The van der Waals surface area contributed by atoms with E-state index < -0.39 is 0 Å². The Balaban J connectivity index is 1.31. The molecule has 0 amide bonds. The number of nitrogens with zero attached hydrogens (tertiary/aromatic N) is 3. The molecule has 0 spiro atoms. The third-order valence-electron chi connectivity index (χ3n) is 7.51. The van der Waals surface area contributed by atoms with Crippen LogP contribution >= 0.6 is 0 Å². The minimum atomic E-state index is -0.0398. The summed E-state index contributed by atoms with van der Waals surface area (Å²) in [7, 11) is 0. The molecular formula is C28H35FN6O. The molecular weight excluding hydrogens is 455 g/mol. The van der Waals surface area contributed by atoms with Gasteiger partial charge in [0.25, 0.3) is 0 Å². The monoisotopic (exact) mass is 490 g/mol. The predicted molar refractivity (Wildman–Crippen MR) is 141 cm³/mol. The molecule has 1 aromatic carbocycles. The van der Waals surface area contributed by atoms with E-state index in [1.807, 2.05) is 36.3 Å². The Kier molecular flexibility index (Phi) is 7.18. The first kappa shape index (κ1) is 24.6.